The van der Waals surface area contributed by atoms with E-state index in [9.17, 15) is 9.59 Å². The molecule has 0 radical (unpaired) electrons. The van der Waals surface area contributed by atoms with Crippen LogP contribution in [0.25, 0.3) is 0 Å². The Morgan fingerprint density at radius 1 is 1.00 bits per heavy atom. The Labute approximate surface area is 148 Å². The molecule has 25 heavy (non-hydrogen) atoms. The molecule has 2 aliphatic heterocycles. The number of carbonyl (C=O) groups is 2. The van der Waals surface area contributed by atoms with E-state index in [2.05, 4.69) is 9.97 Å². The van der Waals surface area contributed by atoms with Gasteiger partial charge in [-0.2, -0.15) is 0 Å². The normalized spacial score (nSPS) is 27.2. The predicted octanol–water partition coefficient (Wildman–Crippen LogP) is 2.11. The number of amides is 2. The maximum Gasteiger partial charge on any atom is 0.254 e. The Bertz CT molecular complexity index is 638. The average molecular weight is 342 g/mol. The number of hydrogen-bond donors (Lipinski definition) is 0. The smallest absolute Gasteiger partial charge is 0.254 e. The van der Waals surface area contributed by atoms with Crippen LogP contribution in [0.1, 0.15) is 57.1 Å². The minimum atomic E-state index is -0.946. The van der Waals surface area contributed by atoms with E-state index in [0.717, 1.165) is 58.0 Å². The van der Waals surface area contributed by atoms with E-state index in [1.165, 1.54) is 0 Å². The Kier molecular flexibility index (Phi) is 4.44. The molecule has 0 aromatic carbocycles. The molecule has 0 N–H and O–H groups in total. The zero-order valence-electron chi connectivity index (χ0n) is 14.7. The quantitative estimate of drug-likeness (QED) is 0.844. The minimum absolute atomic E-state index is 0.0503. The summed E-state index contributed by atoms with van der Waals surface area (Å²) < 4.78 is 0. The fourth-order valence-corrected chi connectivity index (χ4v) is 4.80. The number of carbonyl (C=O) groups excluding carboxylic acids is 2. The van der Waals surface area contributed by atoms with Crippen LogP contribution in [0.15, 0.2) is 18.6 Å². The maximum absolute atomic E-state index is 13.6. The summed E-state index contributed by atoms with van der Waals surface area (Å²) in [5.41, 5.74) is -0.311. The van der Waals surface area contributed by atoms with E-state index in [4.69, 9.17) is 0 Å². The monoisotopic (exact) mass is 342 g/mol. The Balaban J connectivity index is 1.73. The molecule has 1 atom stereocenters. The van der Waals surface area contributed by atoms with Crippen LogP contribution in [-0.2, 0) is 15.1 Å². The minimum Gasteiger partial charge on any atom is -0.340 e. The van der Waals surface area contributed by atoms with Gasteiger partial charge in [-0.3, -0.25) is 19.6 Å². The molecule has 0 spiro atoms. The lowest BCUT2D eigenvalue weighted by molar-refractivity contribution is -0.154. The van der Waals surface area contributed by atoms with Gasteiger partial charge in [0.15, 0.2) is 5.54 Å². The average Bonchev–Trinajstić information content (AvgIpc) is 3.43. The molecule has 3 fully saturated rings. The molecule has 2 amide bonds. The van der Waals surface area contributed by atoms with Gasteiger partial charge in [0.05, 0.1) is 11.9 Å². The SMILES string of the molecule is O=C(C1CCCC1)N1CCC[C@]1(C(=O)N1CCCC1)c1cnccn1. The maximum atomic E-state index is 13.6. The zero-order chi connectivity index (χ0) is 17.3. The highest BCUT2D eigenvalue weighted by Gasteiger charge is 2.55. The first-order valence-electron chi connectivity index (χ1n) is 9.61. The first-order valence-corrected chi connectivity index (χ1v) is 9.61. The molecule has 0 bridgehead atoms. The van der Waals surface area contributed by atoms with Crippen molar-refractivity contribution >= 4 is 11.8 Å². The lowest BCUT2D eigenvalue weighted by Crippen LogP contribution is -2.57. The number of rotatable bonds is 3. The molecule has 6 nitrogen and oxygen atoms in total. The molecule has 6 heteroatoms. The van der Waals surface area contributed by atoms with Crippen LogP contribution in [0, 0.1) is 5.92 Å². The number of hydrogen-bond acceptors (Lipinski definition) is 4. The largest absolute Gasteiger partial charge is 0.340 e. The van der Waals surface area contributed by atoms with E-state index in [1.807, 2.05) is 9.80 Å². The fraction of sp³-hybridized carbons (Fsp3) is 0.684. The Morgan fingerprint density at radius 3 is 2.44 bits per heavy atom. The van der Waals surface area contributed by atoms with Gasteiger partial charge in [-0.15, -0.1) is 0 Å². The lowest BCUT2D eigenvalue weighted by atomic mass is 9.89. The molecule has 0 unspecified atom stereocenters. The molecule has 1 aliphatic carbocycles. The first-order chi connectivity index (χ1) is 12.2. The predicted molar refractivity (Wildman–Crippen MR) is 92.4 cm³/mol. The second-order valence-corrected chi connectivity index (χ2v) is 7.53. The third-order valence-corrected chi connectivity index (χ3v) is 6.09. The second kappa shape index (κ2) is 6.73. The van der Waals surface area contributed by atoms with Crippen molar-refractivity contribution in [1.82, 2.24) is 19.8 Å². The van der Waals surface area contributed by atoms with Gasteiger partial charge >= 0.3 is 0 Å². The summed E-state index contributed by atoms with van der Waals surface area (Å²) in [4.78, 5) is 39.3. The van der Waals surface area contributed by atoms with Crippen LogP contribution >= 0.6 is 0 Å². The molecule has 1 aromatic rings. The Hall–Kier alpha value is -1.98. The van der Waals surface area contributed by atoms with Crippen molar-refractivity contribution < 1.29 is 9.59 Å². The van der Waals surface area contributed by atoms with Crippen molar-refractivity contribution in [3.63, 3.8) is 0 Å². The summed E-state index contributed by atoms with van der Waals surface area (Å²) >= 11 is 0. The molecule has 3 heterocycles. The third-order valence-electron chi connectivity index (χ3n) is 6.09. The summed E-state index contributed by atoms with van der Waals surface area (Å²) in [5, 5.41) is 0. The summed E-state index contributed by atoms with van der Waals surface area (Å²) in [5.74, 6) is 0.267. The summed E-state index contributed by atoms with van der Waals surface area (Å²) in [6.07, 6.45) is 12.6. The summed E-state index contributed by atoms with van der Waals surface area (Å²) in [6.45, 7) is 2.21. The van der Waals surface area contributed by atoms with E-state index in [0.29, 0.717) is 18.7 Å². The highest BCUT2D eigenvalue weighted by molar-refractivity contribution is 5.93. The number of nitrogens with zero attached hydrogens (tertiary/aromatic N) is 4. The summed E-state index contributed by atoms with van der Waals surface area (Å²) in [6, 6.07) is 0. The molecular weight excluding hydrogens is 316 g/mol. The van der Waals surface area contributed by atoms with E-state index < -0.39 is 5.54 Å². The van der Waals surface area contributed by atoms with Gasteiger partial charge in [-0.1, -0.05) is 12.8 Å². The van der Waals surface area contributed by atoms with Crippen molar-refractivity contribution in [3.05, 3.63) is 24.3 Å². The van der Waals surface area contributed by atoms with Gasteiger partial charge in [0, 0.05) is 37.9 Å². The van der Waals surface area contributed by atoms with Gasteiger partial charge in [0.2, 0.25) is 5.91 Å². The highest BCUT2D eigenvalue weighted by atomic mass is 16.2. The van der Waals surface area contributed by atoms with Crippen LogP contribution in [-0.4, -0.2) is 51.2 Å². The fourth-order valence-electron chi connectivity index (χ4n) is 4.80. The van der Waals surface area contributed by atoms with Crippen LogP contribution in [0.3, 0.4) is 0 Å². The molecule has 4 rings (SSSR count). The molecule has 3 aliphatic rings. The molecular formula is C19H26N4O2. The van der Waals surface area contributed by atoms with Crippen molar-refractivity contribution in [2.24, 2.45) is 5.92 Å². The van der Waals surface area contributed by atoms with Gasteiger partial charge in [-0.05, 0) is 38.5 Å². The molecule has 134 valence electrons. The van der Waals surface area contributed by atoms with Crippen molar-refractivity contribution in [2.75, 3.05) is 19.6 Å². The Morgan fingerprint density at radius 2 is 1.76 bits per heavy atom. The van der Waals surface area contributed by atoms with E-state index >= 15 is 0 Å². The van der Waals surface area contributed by atoms with Crippen LogP contribution in [0.2, 0.25) is 0 Å². The van der Waals surface area contributed by atoms with Crippen LogP contribution < -0.4 is 0 Å². The summed E-state index contributed by atoms with van der Waals surface area (Å²) in [7, 11) is 0. The number of likely N-dealkylation sites (tertiary alicyclic amines) is 2. The van der Waals surface area contributed by atoms with Crippen molar-refractivity contribution in [2.45, 2.75) is 56.9 Å². The van der Waals surface area contributed by atoms with Gasteiger partial charge < -0.3 is 9.80 Å². The molecule has 2 saturated heterocycles. The third kappa shape index (κ3) is 2.71. The topological polar surface area (TPSA) is 66.4 Å². The van der Waals surface area contributed by atoms with E-state index in [-0.39, 0.29) is 17.7 Å². The first kappa shape index (κ1) is 16.5. The van der Waals surface area contributed by atoms with Gasteiger partial charge in [0.25, 0.3) is 5.91 Å². The zero-order valence-corrected chi connectivity index (χ0v) is 14.7. The molecule has 1 aromatic heterocycles. The highest BCUT2D eigenvalue weighted by Crippen LogP contribution is 2.42. The lowest BCUT2D eigenvalue weighted by Gasteiger charge is -2.40. The van der Waals surface area contributed by atoms with Crippen LogP contribution in [0.5, 0.6) is 0 Å². The number of aromatic nitrogens is 2. The standard InChI is InChI=1S/C19H26N4O2/c24-17(15-6-1-2-7-15)23-13-5-8-19(23,16-14-20-9-10-21-16)18(25)22-11-3-4-12-22/h9-10,14-15H,1-8,11-13H2/t19-/m1/s1. The van der Waals surface area contributed by atoms with Crippen LogP contribution in [0.4, 0.5) is 0 Å². The second-order valence-electron chi connectivity index (χ2n) is 7.53. The van der Waals surface area contributed by atoms with Crippen molar-refractivity contribution in [3.8, 4) is 0 Å². The van der Waals surface area contributed by atoms with E-state index in [1.54, 1.807) is 18.6 Å². The van der Waals surface area contributed by atoms with Gasteiger partial charge in [-0.25, -0.2) is 0 Å². The van der Waals surface area contributed by atoms with Gasteiger partial charge in [0.1, 0.15) is 0 Å². The van der Waals surface area contributed by atoms with Crippen molar-refractivity contribution in [1.29, 1.82) is 0 Å². The molecule has 1 saturated carbocycles.